The van der Waals surface area contributed by atoms with Crippen molar-refractivity contribution in [1.29, 1.82) is 0 Å². The van der Waals surface area contributed by atoms with Gasteiger partial charge in [-0.15, -0.1) is 0 Å². The molecule has 1 saturated heterocycles. The number of hydrogen-bond acceptors (Lipinski definition) is 2. The van der Waals surface area contributed by atoms with Crippen LogP contribution in [0.5, 0.6) is 0 Å². The largest absolute Gasteiger partial charge is 0.480 e. The van der Waals surface area contributed by atoms with Crippen molar-refractivity contribution in [3.05, 3.63) is 0 Å². The van der Waals surface area contributed by atoms with Gasteiger partial charge in [0.05, 0.1) is 0 Å². The van der Waals surface area contributed by atoms with E-state index in [0.29, 0.717) is 11.8 Å². The molecule has 3 heteroatoms. The molecule has 13 heavy (non-hydrogen) atoms. The van der Waals surface area contributed by atoms with E-state index in [0.717, 1.165) is 19.5 Å². The molecule has 0 saturated carbocycles. The Kier molecular flexibility index (Phi) is 3.31. The van der Waals surface area contributed by atoms with E-state index in [4.69, 9.17) is 5.11 Å². The van der Waals surface area contributed by atoms with Crippen LogP contribution in [0.3, 0.4) is 0 Å². The van der Waals surface area contributed by atoms with E-state index >= 15 is 0 Å². The number of carbonyl (C=O) groups is 1. The van der Waals surface area contributed by atoms with Gasteiger partial charge in [0.25, 0.3) is 0 Å². The average molecular weight is 185 g/mol. The van der Waals surface area contributed by atoms with Crippen LogP contribution in [0, 0.1) is 11.8 Å². The lowest BCUT2D eigenvalue weighted by Crippen LogP contribution is -2.38. The average Bonchev–Trinajstić information content (AvgIpc) is 2.29. The molecular weight excluding hydrogens is 166 g/mol. The van der Waals surface area contributed by atoms with Crippen LogP contribution in [0.4, 0.5) is 0 Å². The highest BCUT2D eigenvalue weighted by atomic mass is 16.4. The van der Waals surface area contributed by atoms with E-state index in [9.17, 15) is 4.79 Å². The summed E-state index contributed by atoms with van der Waals surface area (Å²) in [6, 6.07) is -0.239. The van der Waals surface area contributed by atoms with Crippen molar-refractivity contribution >= 4 is 5.97 Å². The highest BCUT2D eigenvalue weighted by Crippen LogP contribution is 2.23. The second-order valence-corrected chi connectivity index (χ2v) is 4.54. The van der Waals surface area contributed by atoms with Crippen LogP contribution in [0.2, 0.25) is 0 Å². The van der Waals surface area contributed by atoms with Gasteiger partial charge in [0, 0.05) is 13.1 Å². The molecule has 0 bridgehead atoms. The molecule has 2 unspecified atom stereocenters. The maximum Gasteiger partial charge on any atom is 0.320 e. The second-order valence-electron chi connectivity index (χ2n) is 4.54. The van der Waals surface area contributed by atoms with E-state index < -0.39 is 5.97 Å². The van der Waals surface area contributed by atoms with Gasteiger partial charge in [0.1, 0.15) is 6.04 Å². The summed E-state index contributed by atoms with van der Waals surface area (Å²) in [5.74, 6) is 0.414. The van der Waals surface area contributed by atoms with Crippen LogP contribution in [0.25, 0.3) is 0 Å². The third-order valence-corrected chi connectivity index (χ3v) is 2.50. The molecule has 3 nitrogen and oxygen atoms in total. The quantitative estimate of drug-likeness (QED) is 0.723. The molecule has 0 spiro atoms. The van der Waals surface area contributed by atoms with Gasteiger partial charge in [-0.25, -0.2) is 0 Å². The number of likely N-dealkylation sites (tertiary alicyclic amines) is 1. The molecule has 0 aromatic rings. The van der Waals surface area contributed by atoms with Crippen LogP contribution in [-0.2, 0) is 4.79 Å². The molecule has 1 N–H and O–H groups in total. The van der Waals surface area contributed by atoms with E-state index in [-0.39, 0.29) is 6.04 Å². The first kappa shape index (κ1) is 10.5. The third kappa shape index (κ3) is 2.69. The third-order valence-electron chi connectivity index (χ3n) is 2.50. The topological polar surface area (TPSA) is 40.5 Å². The molecule has 2 atom stereocenters. The summed E-state index contributed by atoms with van der Waals surface area (Å²) in [5, 5.41) is 8.97. The standard InChI is InChI=1S/C10H19NO2/c1-7(2)5-11-6-8(3)4-9(11)10(12)13/h7-9H,4-6H2,1-3H3,(H,12,13). The highest BCUT2D eigenvalue weighted by Gasteiger charge is 2.34. The molecule has 1 heterocycles. The van der Waals surface area contributed by atoms with Gasteiger partial charge >= 0.3 is 5.97 Å². The first-order valence-corrected chi connectivity index (χ1v) is 4.97. The molecule has 1 aliphatic rings. The minimum absolute atomic E-state index is 0.239. The lowest BCUT2D eigenvalue weighted by molar-refractivity contribution is -0.142. The van der Waals surface area contributed by atoms with Gasteiger partial charge in [-0.3, -0.25) is 9.69 Å². The predicted octanol–water partition coefficient (Wildman–Crippen LogP) is 1.44. The summed E-state index contributed by atoms with van der Waals surface area (Å²) in [5.41, 5.74) is 0. The maximum atomic E-state index is 10.9. The fourth-order valence-corrected chi connectivity index (χ4v) is 2.06. The Morgan fingerprint density at radius 1 is 1.62 bits per heavy atom. The Hall–Kier alpha value is -0.570. The predicted molar refractivity (Wildman–Crippen MR) is 51.6 cm³/mol. The Balaban J connectivity index is 2.55. The number of hydrogen-bond donors (Lipinski definition) is 1. The Morgan fingerprint density at radius 2 is 2.23 bits per heavy atom. The first-order valence-electron chi connectivity index (χ1n) is 4.97. The smallest absolute Gasteiger partial charge is 0.320 e. The van der Waals surface area contributed by atoms with Crippen molar-refractivity contribution < 1.29 is 9.90 Å². The molecule has 0 aliphatic carbocycles. The monoisotopic (exact) mass is 185 g/mol. The van der Waals surface area contributed by atoms with Crippen molar-refractivity contribution in [3.63, 3.8) is 0 Å². The molecular formula is C10H19NO2. The van der Waals surface area contributed by atoms with Crippen LogP contribution >= 0.6 is 0 Å². The molecule has 0 aromatic heterocycles. The zero-order valence-corrected chi connectivity index (χ0v) is 8.66. The number of carboxylic acid groups (broad SMARTS) is 1. The first-order chi connectivity index (χ1) is 6.00. The van der Waals surface area contributed by atoms with E-state index in [1.165, 1.54) is 0 Å². The lowest BCUT2D eigenvalue weighted by atomic mass is 10.1. The highest BCUT2D eigenvalue weighted by molar-refractivity contribution is 5.73. The normalized spacial score (nSPS) is 29.8. The number of carboxylic acids is 1. The molecule has 1 rings (SSSR count). The van der Waals surface area contributed by atoms with E-state index in [2.05, 4.69) is 25.7 Å². The molecule has 0 radical (unpaired) electrons. The summed E-state index contributed by atoms with van der Waals surface area (Å²) in [4.78, 5) is 13.0. The summed E-state index contributed by atoms with van der Waals surface area (Å²) in [7, 11) is 0. The summed E-state index contributed by atoms with van der Waals surface area (Å²) in [6.45, 7) is 8.22. The van der Waals surface area contributed by atoms with Gasteiger partial charge in [0.2, 0.25) is 0 Å². The minimum Gasteiger partial charge on any atom is -0.480 e. The number of rotatable bonds is 3. The van der Waals surface area contributed by atoms with Crippen LogP contribution in [0.15, 0.2) is 0 Å². The SMILES string of the molecule is CC(C)CN1CC(C)CC1C(=O)O. The van der Waals surface area contributed by atoms with E-state index in [1.807, 2.05) is 0 Å². The zero-order valence-electron chi connectivity index (χ0n) is 8.66. The van der Waals surface area contributed by atoms with Gasteiger partial charge in [-0.05, 0) is 18.3 Å². The molecule has 1 aliphatic heterocycles. The van der Waals surface area contributed by atoms with Crippen molar-refractivity contribution in [2.45, 2.75) is 33.2 Å². The summed E-state index contributed by atoms with van der Waals surface area (Å²) in [6.07, 6.45) is 0.808. The molecule has 0 aromatic carbocycles. The summed E-state index contributed by atoms with van der Waals surface area (Å²) >= 11 is 0. The number of aliphatic carboxylic acids is 1. The maximum absolute atomic E-state index is 10.9. The Labute approximate surface area is 79.7 Å². The Morgan fingerprint density at radius 3 is 2.69 bits per heavy atom. The molecule has 1 fully saturated rings. The van der Waals surface area contributed by atoms with Crippen LogP contribution in [-0.4, -0.2) is 35.1 Å². The molecule has 76 valence electrons. The lowest BCUT2D eigenvalue weighted by Gasteiger charge is -2.22. The van der Waals surface area contributed by atoms with Crippen molar-refractivity contribution in [2.24, 2.45) is 11.8 Å². The van der Waals surface area contributed by atoms with Gasteiger partial charge < -0.3 is 5.11 Å². The minimum atomic E-state index is -0.662. The van der Waals surface area contributed by atoms with Crippen LogP contribution < -0.4 is 0 Å². The van der Waals surface area contributed by atoms with E-state index in [1.54, 1.807) is 0 Å². The van der Waals surface area contributed by atoms with Crippen molar-refractivity contribution in [2.75, 3.05) is 13.1 Å². The second kappa shape index (κ2) is 4.09. The Bertz CT molecular complexity index is 191. The zero-order chi connectivity index (χ0) is 10.0. The van der Waals surface area contributed by atoms with Crippen LogP contribution in [0.1, 0.15) is 27.2 Å². The fraction of sp³-hybridized carbons (Fsp3) is 0.900. The van der Waals surface area contributed by atoms with Gasteiger partial charge in [-0.1, -0.05) is 20.8 Å². The summed E-state index contributed by atoms with van der Waals surface area (Å²) < 4.78 is 0. The van der Waals surface area contributed by atoms with Gasteiger partial charge in [0.15, 0.2) is 0 Å². The van der Waals surface area contributed by atoms with Gasteiger partial charge in [-0.2, -0.15) is 0 Å². The molecule has 0 amide bonds. The van der Waals surface area contributed by atoms with Crippen molar-refractivity contribution in [1.82, 2.24) is 4.90 Å². The fourth-order valence-electron chi connectivity index (χ4n) is 2.06. The number of nitrogens with zero attached hydrogens (tertiary/aromatic N) is 1. The van der Waals surface area contributed by atoms with Crippen molar-refractivity contribution in [3.8, 4) is 0 Å².